The Morgan fingerprint density at radius 3 is 2.65 bits per heavy atom. The van der Waals surface area contributed by atoms with Crippen LogP contribution >= 0.6 is 0 Å². The fraction of sp³-hybridized carbons (Fsp3) is 0.238. The summed E-state index contributed by atoms with van der Waals surface area (Å²) in [7, 11) is 1.79. The Morgan fingerprint density at radius 2 is 1.92 bits per heavy atom. The minimum Gasteiger partial charge on any atom is -0.352 e. The van der Waals surface area contributed by atoms with Gasteiger partial charge in [0.05, 0.1) is 12.4 Å². The number of hydrogen-bond donors (Lipinski definition) is 2. The zero-order valence-corrected chi connectivity index (χ0v) is 15.3. The second-order valence-electron chi connectivity index (χ2n) is 6.26. The van der Waals surface area contributed by atoms with Gasteiger partial charge in [-0.2, -0.15) is 0 Å². The monoisotopic (exact) mass is 347 g/mol. The van der Waals surface area contributed by atoms with Crippen LogP contribution < -0.4 is 10.6 Å². The summed E-state index contributed by atoms with van der Waals surface area (Å²) in [5.74, 6) is 0.793. The van der Waals surface area contributed by atoms with Gasteiger partial charge in [-0.15, -0.1) is 0 Å². The van der Waals surface area contributed by atoms with E-state index >= 15 is 0 Å². The van der Waals surface area contributed by atoms with Crippen molar-refractivity contribution in [2.45, 2.75) is 26.1 Å². The van der Waals surface area contributed by atoms with Crippen molar-refractivity contribution in [3.63, 3.8) is 0 Å². The summed E-state index contributed by atoms with van der Waals surface area (Å²) in [5, 5.41) is 6.82. The highest BCUT2D eigenvalue weighted by Crippen LogP contribution is 2.11. The van der Waals surface area contributed by atoms with Crippen molar-refractivity contribution in [1.29, 1.82) is 0 Å². The van der Waals surface area contributed by atoms with Gasteiger partial charge in [-0.05, 0) is 23.6 Å². The average Bonchev–Trinajstić information content (AvgIpc) is 3.19. The van der Waals surface area contributed by atoms with E-state index < -0.39 is 0 Å². The maximum atomic E-state index is 4.33. The first-order valence-electron chi connectivity index (χ1n) is 8.80. The van der Waals surface area contributed by atoms with Crippen LogP contribution in [0.5, 0.6) is 0 Å². The molecule has 0 aliphatic carbocycles. The molecule has 0 saturated heterocycles. The summed E-state index contributed by atoms with van der Waals surface area (Å²) in [6, 6.07) is 19.1. The number of rotatable bonds is 6. The Kier molecular flexibility index (Phi) is 6.04. The second kappa shape index (κ2) is 8.85. The van der Waals surface area contributed by atoms with Crippen LogP contribution in [0.25, 0.3) is 0 Å². The molecule has 0 aliphatic rings. The highest BCUT2D eigenvalue weighted by Gasteiger charge is 2.07. The smallest absolute Gasteiger partial charge is 0.191 e. The number of aliphatic imine (C=N–C) groups is 1. The molecule has 2 aromatic carbocycles. The molecule has 1 heterocycles. The number of benzene rings is 2. The summed E-state index contributed by atoms with van der Waals surface area (Å²) < 4.78 is 2.06. The number of imidazole rings is 1. The van der Waals surface area contributed by atoms with E-state index in [9.17, 15) is 0 Å². The topological polar surface area (TPSA) is 54.2 Å². The van der Waals surface area contributed by atoms with Gasteiger partial charge in [-0.1, -0.05) is 54.6 Å². The van der Waals surface area contributed by atoms with E-state index in [1.54, 1.807) is 13.2 Å². The minimum atomic E-state index is 0.190. The average molecular weight is 347 g/mol. The van der Waals surface area contributed by atoms with Crippen LogP contribution in [-0.2, 0) is 13.1 Å². The number of nitrogens with one attached hydrogen (secondary N) is 2. The van der Waals surface area contributed by atoms with Crippen molar-refractivity contribution in [2.24, 2.45) is 4.99 Å². The molecule has 0 fully saturated rings. The molecule has 2 N–H and O–H groups in total. The van der Waals surface area contributed by atoms with Crippen LogP contribution in [0.1, 0.15) is 29.7 Å². The van der Waals surface area contributed by atoms with Crippen molar-refractivity contribution in [3.05, 3.63) is 90.0 Å². The summed E-state index contributed by atoms with van der Waals surface area (Å²) >= 11 is 0. The Bertz CT molecular complexity index is 825. The molecule has 1 aromatic heterocycles. The SMILES string of the molecule is CN=C(NCc1cccc(Cn2ccnc2)c1)NC(C)c1ccccc1. The molecule has 0 amide bonds. The lowest BCUT2D eigenvalue weighted by molar-refractivity contribution is 0.685. The molecule has 0 radical (unpaired) electrons. The van der Waals surface area contributed by atoms with Gasteiger partial charge in [0.2, 0.25) is 0 Å². The van der Waals surface area contributed by atoms with E-state index in [1.165, 1.54) is 16.7 Å². The van der Waals surface area contributed by atoms with Crippen molar-refractivity contribution in [1.82, 2.24) is 20.2 Å². The second-order valence-corrected chi connectivity index (χ2v) is 6.26. The van der Waals surface area contributed by atoms with Gasteiger partial charge in [0.25, 0.3) is 0 Å². The molecule has 0 spiro atoms. The van der Waals surface area contributed by atoms with Crippen molar-refractivity contribution in [3.8, 4) is 0 Å². The first kappa shape index (κ1) is 17.7. The van der Waals surface area contributed by atoms with Crippen LogP contribution in [0, 0.1) is 0 Å². The summed E-state index contributed by atoms with van der Waals surface area (Å²) in [5.41, 5.74) is 3.71. The fourth-order valence-corrected chi connectivity index (χ4v) is 2.84. The standard InChI is InChI=1S/C21H25N5/c1-17(20-9-4-3-5-10-20)25-21(22-2)24-14-18-7-6-8-19(13-18)15-26-12-11-23-16-26/h3-13,16-17H,14-15H2,1-2H3,(H2,22,24,25). The van der Waals surface area contributed by atoms with E-state index in [1.807, 2.05) is 18.6 Å². The molecular weight excluding hydrogens is 322 g/mol. The zero-order chi connectivity index (χ0) is 18.2. The molecular formula is C21H25N5. The molecule has 5 heteroatoms. The van der Waals surface area contributed by atoms with Gasteiger partial charge in [-0.25, -0.2) is 4.98 Å². The lowest BCUT2D eigenvalue weighted by atomic mass is 10.1. The molecule has 3 rings (SSSR count). The third-order valence-electron chi connectivity index (χ3n) is 4.25. The number of nitrogens with zero attached hydrogens (tertiary/aromatic N) is 3. The van der Waals surface area contributed by atoms with Gasteiger partial charge in [-0.3, -0.25) is 4.99 Å². The third kappa shape index (κ3) is 4.96. The molecule has 3 aromatic rings. The quantitative estimate of drug-likeness (QED) is 0.531. The summed E-state index contributed by atoms with van der Waals surface area (Å²) in [6.07, 6.45) is 5.61. The lowest BCUT2D eigenvalue weighted by Gasteiger charge is -2.18. The van der Waals surface area contributed by atoms with E-state index in [0.29, 0.717) is 0 Å². The molecule has 26 heavy (non-hydrogen) atoms. The minimum absolute atomic E-state index is 0.190. The van der Waals surface area contributed by atoms with Crippen LogP contribution in [0.2, 0.25) is 0 Å². The maximum Gasteiger partial charge on any atom is 0.191 e. The van der Waals surface area contributed by atoms with E-state index in [0.717, 1.165) is 19.0 Å². The van der Waals surface area contributed by atoms with Crippen LogP contribution in [0.15, 0.2) is 78.3 Å². The Balaban J connectivity index is 1.57. The van der Waals surface area contributed by atoms with E-state index in [-0.39, 0.29) is 6.04 Å². The predicted octanol–water partition coefficient (Wildman–Crippen LogP) is 3.36. The summed E-state index contributed by atoms with van der Waals surface area (Å²) in [4.78, 5) is 8.42. The maximum absolute atomic E-state index is 4.33. The van der Waals surface area contributed by atoms with Crippen molar-refractivity contribution < 1.29 is 0 Å². The van der Waals surface area contributed by atoms with Crippen LogP contribution in [0.3, 0.4) is 0 Å². The van der Waals surface area contributed by atoms with Gasteiger partial charge < -0.3 is 15.2 Å². The van der Waals surface area contributed by atoms with Crippen LogP contribution in [0.4, 0.5) is 0 Å². The molecule has 0 saturated carbocycles. The molecule has 1 unspecified atom stereocenters. The third-order valence-corrected chi connectivity index (χ3v) is 4.25. The van der Waals surface area contributed by atoms with E-state index in [2.05, 4.69) is 80.6 Å². The highest BCUT2D eigenvalue weighted by molar-refractivity contribution is 5.80. The van der Waals surface area contributed by atoms with Crippen LogP contribution in [-0.4, -0.2) is 22.6 Å². The van der Waals surface area contributed by atoms with Gasteiger partial charge in [0.1, 0.15) is 0 Å². The van der Waals surface area contributed by atoms with E-state index in [4.69, 9.17) is 0 Å². The molecule has 0 aliphatic heterocycles. The largest absolute Gasteiger partial charge is 0.352 e. The molecule has 134 valence electrons. The number of guanidine groups is 1. The molecule has 5 nitrogen and oxygen atoms in total. The lowest BCUT2D eigenvalue weighted by Crippen LogP contribution is -2.38. The first-order valence-corrected chi connectivity index (χ1v) is 8.80. The fourth-order valence-electron chi connectivity index (χ4n) is 2.84. The molecule has 1 atom stereocenters. The molecule has 0 bridgehead atoms. The first-order chi connectivity index (χ1) is 12.7. The van der Waals surface area contributed by atoms with Crippen molar-refractivity contribution in [2.75, 3.05) is 7.05 Å². The zero-order valence-electron chi connectivity index (χ0n) is 15.3. The highest BCUT2D eigenvalue weighted by atomic mass is 15.2. The van der Waals surface area contributed by atoms with Gasteiger partial charge >= 0.3 is 0 Å². The van der Waals surface area contributed by atoms with Gasteiger partial charge in [0.15, 0.2) is 5.96 Å². The number of hydrogen-bond acceptors (Lipinski definition) is 2. The Morgan fingerprint density at radius 1 is 1.12 bits per heavy atom. The normalized spacial score (nSPS) is 12.6. The Hall–Kier alpha value is -3.08. The van der Waals surface area contributed by atoms with Gasteiger partial charge in [0, 0.05) is 32.5 Å². The predicted molar refractivity (Wildman–Crippen MR) is 106 cm³/mol. The Labute approximate surface area is 154 Å². The summed E-state index contributed by atoms with van der Waals surface area (Å²) in [6.45, 7) is 3.68. The number of aromatic nitrogens is 2. The van der Waals surface area contributed by atoms with Crippen molar-refractivity contribution >= 4 is 5.96 Å².